The van der Waals surface area contributed by atoms with Gasteiger partial charge < -0.3 is 14.9 Å². The number of halogens is 1. The molecule has 0 saturated heterocycles. The normalized spacial score (nSPS) is 12.9. The van der Waals surface area contributed by atoms with E-state index in [1.807, 2.05) is 0 Å². The SMILES string of the molecule is Cc1cc(N=Nc2ccc3c(S(=O)(=O)O)c(N=Nc4c(-c5ccccc5)nn(-c5cc(S(=O)(=O)O)c6cc(S(=O)(=O)O)cc(S(=O)(=O)O)c6c5)c4O)ccc3c2O)c(OCCCS(=O)(=O)O)cc1N=Nc1nc2c(S(=O)(=O)O)cc(Cl)cc2s1.O=S(=O)=O. The van der Waals surface area contributed by atoms with Crippen LogP contribution in [0.15, 0.2) is 158 Å². The summed E-state index contributed by atoms with van der Waals surface area (Å²) in [6.45, 7) is 1.24. The number of azo groups is 3. The standard InChI is InChI=1S/C46H34ClN9O21S7.O3S/c1-22-14-34(35(77-12-5-13-79(59,60)61)21-33(22)51-54-46-48-41-36(78-46)15-24(47)16-39(41)83(71,72)73)52-49-31-10-9-28-27(43(31)57)8-11-32(44(28)84(74,75)76)50-53-42-40(23-6-3-2-4-7-23)55-56(45(42)58)25-17-29-30(37(18-25)81(65,66)67)19-26(80(62,63)64)20-38(29)82(68,69)70;1-4(2)3/h2-4,6-11,14-21,57-58H,5,12-13H2,1H3,(H,59,60,61)(H,62,63,64)(H,65,66,67)(H,68,69,70)(H,71,72,73)(H,74,75,76);. The van der Waals surface area contributed by atoms with Crippen LogP contribution < -0.4 is 4.74 Å². The van der Waals surface area contributed by atoms with E-state index in [0.29, 0.717) is 28.4 Å². The highest BCUT2D eigenvalue weighted by molar-refractivity contribution is 7.87. The molecule has 0 radical (unpaired) electrons. The van der Waals surface area contributed by atoms with Gasteiger partial charge in [-0.3, -0.25) is 27.3 Å². The fraction of sp³-hybridized carbons (Fsp3) is 0.0870. The molecule has 42 heteroatoms. The van der Waals surface area contributed by atoms with Crippen molar-refractivity contribution in [1.82, 2.24) is 14.8 Å². The van der Waals surface area contributed by atoms with Gasteiger partial charge in [-0.05, 0) is 79.6 Å². The highest BCUT2D eigenvalue weighted by Gasteiger charge is 2.29. The van der Waals surface area contributed by atoms with Crippen LogP contribution in [-0.4, -0.2) is 128 Å². The highest BCUT2D eigenvalue weighted by Crippen LogP contribution is 2.46. The van der Waals surface area contributed by atoms with Crippen molar-refractivity contribution in [2.24, 2.45) is 30.7 Å². The molecule has 0 unspecified atom stereocenters. The third-order valence-electron chi connectivity index (χ3n) is 11.8. The summed E-state index contributed by atoms with van der Waals surface area (Å²) in [6.07, 6.45) is -0.215. The lowest BCUT2D eigenvalue weighted by Crippen LogP contribution is -2.08. The summed E-state index contributed by atoms with van der Waals surface area (Å²) in [7, 11) is -33.8. The van der Waals surface area contributed by atoms with Gasteiger partial charge in [0.2, 0.25) is 11.0 Å². The first-order valence-electron chi connectivity index (χ1n) is 23.3. The van der Waals surface area contributed by atoms with Gasteiger partial charge in [-0.1, -0.05) is 59.3 Å². The van der Waals surface area contributed by atoms with Crippen molar-refractivity contribution >= 4 is 160 Å². The Kier molecular flexibility index (Phi) is 18.5. The minimum absolute atomic E-state index is 0.0125. The molecular weight excluding hydrogens is 1350 g/mol. The van der Waals surface area contributed by atoms with Crippen molar-refractivity contribution in [3.05, 3.63) is 114 Å². The van der Waals surface area contributed by atoms with Crippen LogP contribution in [0.4, 0.5) is 33.6 Å². The van der Waals surface area contributed by atoms with Crippen molar-refractivity contribution in [1.29, 1.82) is 0 Å². The van der Waals surface area contributed by atoms with Gasteiger partial charge in [0.25, 0.3) is 60.7 Å². The summed E-state index contributed by atoms with van der Waals surface area (Å²) in [5.74, 6) is -2.53. The molecule has 0 fully saturated rings. The zero-order valence-electron chi connectivity index (χ0n) is 43.2. The average molecular weight is 1390 g/mol. The number of nitrogens with zero attached hydrogens (tertiary/aromatic N) is 9. The highest BCUT2D eigenvalue weighted by atomic mass is 35.5. The Bertz CT molecular complexity index is 5340. The predicted molar refractivity (Wildman–Crippen MR) is 307 cm³/mol. The first-order valence-corrected chi connectivity index (χ1v) is 34.3. The number of phenols is 1. The number of fused-ring (bicyclic) bond motifs is 3. The van der Waals surface area contributed by atoms with Crippen molar-refractivity contribution < 1.29 is 105 Å². The second-order valence-corrected chi connectivity index (χ2v) is 28.1. The van der Waals surface area contributed by atoms with Crippen LogP contribution in [0.1, 0.15) is 12.0 Å². The van der Waals surface area contributed by atoms with Crippen molar-refractivity contribution in [2.45, 2.75) is 37.8 Å². The van der Waals surface area contributed by atoms with Crippen LogP contribution in [0.5, 0.6) is 17.4 Å². The van der Waals surface area contributed by atoms with Gasteiger partial charge in [0.15, 0.2) is 11.4 Å². The molecule has 0 aliphatic carbocycles. The van der Waals surface area contributed by atoms with E-state index in [-0.39, 0.29) is 78.2 Å². The van der Waals surface area contributed by atoms with Crippen LogP contribution in [0, 0.1) is 6.92 Å². The van der Waals surface area contributed by atoms with Crippen molar-refractivity contribution in [2.75, 3.05) is 12.4 Å². The molecule has 0 amide bonds. The molecule has 0 atom stereocenters. The van der Waals surface area contributed by atoms with Gasteiger partial charge in [0.1, 0.15) is 53.6 Å². The molecule has 0 aliphatic rings. The van der Waals surface area contributed by atoms with Gasteiger partial charge in [0, 0.05) is 38.2 Å². The molecule has 2 heterocycles. The molecule has 88 heavy (non-hydrogen) atoms. The van der Waals surface area contributed by atoms with Crippen LogP contribution in [-0.2, 0) is 71.3 Å². The Balaban J connectivity index is 0.00000243. The molecular formula is C46H34ClN9O24S8. The number of aryl methyl sites for hydroxylation is 1. The monoisotopic (exact) mass is 1390 g/mol. The zero-order valence-corrected chi connectivity index (χ0v) is 50.5. The minimum Gasteiger partial charge on any atom is -0.505 e. The third-order valence-corrected chi connectivity index (χ3v) is 18.2. The number of thiazole rings is 1. The molecule has 2 aromatic heterocycles. The lowest BCUT2D eigenvalue weighted by Gasteiger charge is -2.13. The largest absolute Gasteiger partial charge is 0.505 e. The Morgan fingerprint density at radius 3 is 1.78 bits per heavy atom. The first-order chi connectivity index (χ1) is 40.8. The predicted octanol–water partition coefficient (Wildman–Crippen LogP) is 8.96. The Morgan fingerprint density at radius 1 is 0.591 bits per heavy atom. The molecule has 0 aliphatic heterocycles. The third kappa shape index (κ3) is 15.0. The lowest BCUT2D eigenvalue weighted by atomic mass is 10.1. The van der Waals surface area contributed by atoms with E-state index in [1.165, 1.54) is 42.5 Å². The molecule has 7 aromatic carbocycles. The van der Waals surface area contributed by atoms with E-state index in [0.717, 1.165) is 47.7 Å². The Hall–Kier alpha value is -8.27. The number of aromatic nitrogens is 3. The van der Waals surface area contributed by atoms with E-state index in [9.17, 15) is 88.0 Å². The lowest BCUT2D eigenvalue weighted by molar-refractivity contribution is 0.317. The van der Waals surface area contributed by atoms with Gasteiger partial charge in [-0.15, -0.1) is 43.3 Å². The topological polar surface area (TPSA) is 532 Å². The summed E-state index contributed by atoms with van der Waals surface area (Å²) in [6, 6.07) is 19.1. The fourth-order valence-corrected chi connectivity index (χ4v) is 13.5. The van der Waals surface area contributed by atoms with E-state index in [1.54, 1.807) is 13.0 Å². The maximum absolute atomic E-state index is 13.2. The number of aromatic hydroxyl groups is 2. The van der Waals surface area contributed by atoms with E-state index >= 15 is 0 Å². The Labute approximate surface area is 505 Å². The quantitative estimate of drug-likeness (QED) is 0.0225. The van der Waals surface area contributed by atoms with Gasteiger partial charge in [0.05, 0.1) is 33.3 Å². The summed E-state index contributed by atoms with van der Waals surface area (Å²) in [5, 5.41) is 49.9. The minimum atomic E-state index is -5.47. The van der Waals surface area contributed by atoms with Crippen LogP contribution in [0.25, 0.3) is 48.7 Å². The number of ether oxygens (including phenoxy) is 1. The molecule has 0 spiro atoms. The number of hydrogen-bond acceptors (Lipinski definition) is 27. The first kappa shape index (κ1) is 65.7. The number of rotatable bonds is 18. The zero-order chi connectivity index (χ0) is 64.8. The molecule has 9 aromatic rings. The number of phenolic OH excluding ortho intramolecular Hbond substituents is 1. The molecule has 0 saturated carbocycles. The van der Waals surface area contributed by atoms with Gasteiger partial charge >= 0.3 is 10.6 Å². The second kappa shape index (κ2) is 24.7. The molecule has 0 bridgehead atoms. The van der Waals surface area contributed by atoms with Gasteiger partial charge in [-0.25, -0.2) is 4.98 Å². The van der Waals surface area contributed by atoms with E-state index in [4.69, 9.17) is 29.0 Å². The molecule has 9 rings (SSSR count). The molecule has 462 valence electrons. The summed E-state index contributed by atoms with van der Waals surface area (Å²) in [5.41, 5.74) is -1.97. The number of hydrogen-bond donors (Lipinski definition) is 8. The Morgan fingerprint density at radius 2 is 1.17 bits per heavy atom. The molecule has 33 nitrogen and oxygen atoms in total. The summed E-state index contributed by atoms with van der Waals surface area (Å²) < 4.78 is 240. The summed E-state index contributed by atoms with van der Waals surface area (Å²) >= 11 is 6.93. The smallest absolute Gasteiger partial charge is 0.425 e. The van der Waals surface area contributed by atoms with E-state index in [2.05, 4.69) is 40.8 Å². The maximum Gasteiger partial charge on any atom is 0.425 e. The fourth-order valence-electron chi connectivity index (χ4n) is 8.18. The van der Waals surface area contributed by atoms with E-state index < -0.39 is 141 Å². The van der Waals surface area contributed by atoms with Gasteiger partial charge in [-0.2, -0.15) is 60.3 Å². The van der Waals surface area contributed by atoms with Crippen LogP contribution in [0.3, 0.4) is 0 Å². The van der Waals surface area contributed by atoms with Crippen molar-refractivity contribution in [3.63, 3.8) is 0 Å². The summed E-state index contributed by atoms with van der Waals surface area (Å²) in [4.78, 5) is -1.07. The second-order valence-electron chi connectivity index (χ2n) is 17.7. The molecule has 8 N–H and O–H groups in total. The maximum atomic E-state index is 13.2. The van der Waals surface area contributed by atoms with Crippen LogP contribution in [0.2, 0.25) is 5.02 Å². The number of benzene rings is 7. The van der Waals surface area contributed by atoms with Crippen molar-refractivity contribution in [3.8, 4) is 34.3 Å². The average Bonchev–Trinajstić information content (AvgIpc) is 1.82. The van der Waals surface area contributed by atoms with Crippen LogP contribution >= 0.6 is 22.9 Å².